The van der Waals surface area contributed by atoms with Crippen LogP contribution in [0.25, 0.3) is 0 Å². The Morgan fingerprint density at radius 3 is 2.44 bits per heavy atom. The van der Waals surface area contributed by atoms with E-state index in [1.807, 2.05) is 85.0 Å². The van der Waals surface area contributed by atoms with E-state index >= 15 is 0 Å². The van der Waals surface area contributed by atoms with Crippen molar-refractivity contribution >= 4 is 17.2 Å². The highest BCUT2D eigenvalue weighted by atomic mass is 32.1. The van der Waals surface area contributed by atoms with Crippen LogP contribution in [0.2, 0.25) is 0 Å². The first-order valence-electron chi connectivity index (χ1n) is 14.2. The van der Waals surface area contributed by atoms with Crippen molar-refractivity contribution in [3.8, 4) is 23.0 Å². The molecule has 9 nitrogen and oxygen atoms in total. The van der Waals surface area contributed by atoms with Crippen LogP contribution in [0.5, 0.6) is 23.0 Å². The molecule has 0 bridgehead atoms. The van der Waals surface area contributed by atoms with Crippen LogP contribution in [-0.4, -0.2) is 73.8 Å². The number of nitrogens with zero attached hydrogens (tertiary/aromatic N) is 4. The average Bonchev–Trinajstić information content (AvgIpc) is 3.69. The number of rotatable bonds is 14. The van der Waals surface area contributed by atoms with Gasteiger partial charge in [0.15, 0.2) is 11.5 Å². The molecule has 3 aromatic carbocycles. The van der Waals surface area contributed by atoms with Gasteiger partial charge in [0.2, 0.25) is 6.79 Å². The van der Waals surface area contributed by atoms with E-state index in [2.05, 4.69) is 15.9 Å². The van der Waals surface area contributed by atoms with Crippen molar-refractivity contribution in [1.82, 2.24) is 19.7 Å². The van der Waals surface area contributed by atoms with E-state index in [0.717, 1.165) is 51.2 Å². The minimum absolute atomic E-state index is 0.0626. The summed E-state index contributed by atoms with van der Waals surface area (Å²) in [6.07, 6.45) is 0. The van der Waals surface area contributed by atoms with Gasteiger partial charge in [-0.05, 0) is 43.4 Å². The number of hydrogen-bond donors (Lipinski definition) is 0. The summed E-state index contributed by atoms with van der Waals surface area (Å²) in [5.74, 6) is 2.93. The highest BCUT2D eigenvalue weighted by molar-refractivity contribution is 7.09. The molecule has 0 aliphatic carbocycles. The Bertz CT molecular complexity index is 1510. The summed E-state index contributed by atoms with van der Waals surface area (Å²) in [6, 6.07) is 21.9. The van der Waals surface area contributed by atoms with Gasteiger partial charge in [-0.25, -0.2) is 4.98 Å². The van der Waals surface area contributed by atoms with Crippen molar-refractivity contribution < 1.29 is 23.7 Å². The van der Waals surface area contributed by atoms with Crippen molar-refractivity contribution in [2.24, 2.45) is 0 Å². The van der Waals surface area contributed by atoms with Crippen LogP contribution in [0.1, 0.15) is 32.2 Å². The third kappa shape index (κ3) is 8.04. The Labute approximate surface area is 257 Å². The van der Waals surface area contributed by atoms with Gasteiger partial charge in [0.1, 0.15) is 22.2 Å². The van der Waals surface area contributed by atoms with Crippen molar-refractivity contribution in [3.63, 3.8) is 0 Å². The minimum atomic E-state index is -0.0626. The quantitative estimate of drug-likeness (QED) is 0.193. The second-order valence-electron chi connectivity index (χ2n) is 10.7. The molecule has 0 saturated heterocycles. The van der Waals surface area contributed by atoms with E-state index in [-0.39, 0.29) is 12.7 Å². The normalized spacial score (nSPS) is 12.1. The fourth-order valence-corrected chi connectivity index (χ4v) is 5.71. The first-order chi connectivity index (χ1) is 20.9. The molecule has 0 spiro atoms. The molecule has 0 radical (unpaired) electrons. The smallest absolute Gasteiger partial charge is 0.273 e. The van der Waals surface area contributed by atoms with Gasteiger partial charge in [0.25, 0.3) is 5.91 Å². The number of carbonyl (C=O) groups excluding carboxylic acids is 1. The number of thiazole rings is 1. The molecule has 0 unspecified atom stereocenters. The summed E-state index contributed by atoms with van der Waals surface area (Å²) >= 11 is 1.50. The average molecular weight is 603 g/mol. The standard InChI is InChI=1S/C33H38N4O5S/c1-35(2)14-15-37(19-24-8-6-5-7-9-24)33(38)28-22-43-32(34-28)21-36(18-25-10-13-29-31(16-25)42-23-41-29)20-26-11-12-27(39-3)17-30(26)40-4/h5-13,16-17,22H,14-15,18-21,23H2,1-4H3. The van der Waals surface area contributed by atoms with Gasteiger partial charge in [-0.1, -0.05) is 42.5 Å². The van der Waals surface area contributed by atoms with Crippen molar-refractivity contribution in [1.29, 1.82) is 0 Å². The number of carbonyl (C=O) groups is 1. The number of amides is 1. The first-order valence-corrected chi connectivity index (χ1v) is 15.0. The molecule has 1 aliphatic heterocycles. The number of ether oxygens (including phenoxy) is 4. The van der Waals surface area contributed by atoms with E-state index < -0.39 is 0 Å². The van der Waals surface area contributed by atoms with Gasteiger partial charge in [0, 0.05) is 49.7 Å². The molecule has 1 aromatic heterocycles. The lowest BCUT2D eigenvalue weighted by atomic mass is 10.1. The molecular weight excluding hydrogens is 564 g/mol. The predicted octanol–water partition coefficient (Wildman–Crippen LogP) is 5.30. The van der Waals surface area contributed by atoms with E-state index in [1.165, 1.54) is 11.3 Å². The number of benzene rings is 3. The van der Waals surface area contributed by atoms with Crippen molar-refractivity contribution in [2.45, 2.75) is 26.2 Å². The molecule has 43 heavy (non-hydrogen) atoms. The molecule has 4 aromatic rings. The third-order valence-corrected chi connectivity index (χ3v) is 8.02. The number of methoxy groups -OCH3 is 2. The number of aromatic nitrogens is 1. The maximum absolute atomic E-state index is 13.7. The third-order valence-electron chi connectivity index (χ3n) is 7.18. The molecule has 1 amide bonds. The fourth-order valence-electron chi connectivity index (χ4n) is 4.90. The monoisotopic (exact) mass is 602 g/mol. The molecule has 226 valence electrons. The number of hydrogen-bond acceptors (Lipinski definition) is 9. The minimum Gasteiger partial charge on any atom is -0.497 e. The van der Waals surface area contributed by atoms with Crippen LogP contribution in [0.15, 0.2) is 72.1 Å². The lowest BCUT2D eigenvalue weighted by Crippen LogP contribution is -2.36. The van der Waals surface area contributed by atoms with Crippen molar-refractivity contribution in [3.05, 3.63) is 99.5 Å². The maximum Gasteiger partial charge on any atom is 0.273 e. The first kappa shape index (κ1) is 30.3. The Morgan fingerprint density at radius 1 is 0.860 bits per heavy atom. The second kappa shape index (κ2) is 14.4. The van der Waals surface area contributed by atoms with E-state index in [4.69, 9.17) is 23.9 Å². The van der Waals surface area contributed by atoms with E-state index in [0.29, 0.717) is 38.4 Å². The lowest BCUT2D eigenvalue weighted by molar-refractivity contribution is 0.0726. The summed E-state index contributed by atoms with van der Waals surface area (Å²) in [7, 11) is 7.33. The Balaban J connectivity index is 1.36. The maximum atomic E-state index is 13.7. The molecule has 0 atom stereocenters. The van der Waals surface area contributed by atoms with Gasteiger partial charge in [-0.3, -0.25) is 9.69 Å². The lowest BCUT2D eigenvalue weighted by Gasteiger charge is -2.24. The van der Waals surface area contributed by atoms with Gasteiger partial charge >= 0.3 is 0 Å². The predicted molar refractivity (Wildman–Crippen MR) is 167 cm³/mol. The summed E-state index contributed by atoms with van der Waals surface area (Å²) in [5.41, 5.74) is 3.67. The molecule has 0 fully saturated rings. The van der Waals surface area contributed by atoms with E-state index in [9.17, 15) is 4.79 Å². The highest BCUT2D eigenvalue weighted by Gasteiger charge is 2.22. The van der Waals surface area contributed by atoms with Crippen LogP contribution in [-0.2, 0) is 26.2 Å². The second-order valence-corrected chi connectivity index (χ2v) is 11.6. The van der Waals surface area contributed by atoms with Crippen LogP contribution in [0, 0.1) is 0 Å². The molecule has 5 rings (SSSR count). The number of fused-ring (bicyclic) bond motifs is 1. The van der Waals surface area contributed by atoms with Crippen LogP contribution in [0.4, 0.5) is 0 Å². The molecule has 0 N–H and O–H groups in total. The van der Waals surface area contributed by atoms with E-state index in [1.54, 1.807) is 14.2 Å². The Morgan fingerprint density at radius 2 is 1.67 bits per heavy atom. The topological polar surface area (TPSA) is 76.6 Å². The Hall–Kier alpha value is -4.12. The zero-order valence-corrected chi connectivity index (χ0v) is 25.9. The van der Waals surface area contributed by atoms with Gasteiger partial charge < -0.3 is 28.7 Å². The zero-order chi connectivity index (χ0) is 30.2. The Kier molecular flexibility index (Phi) is 10.1. The molecule has 2 heterocycles. The van der Waals surface area contributed by atoms with Gasteiger partial charge in [-0.15, -0.1) is 11.3 Å². The van der Waals surface area contributed by atoms with Crippen LogP contribution >= 0.6 is 11.3 Å². The summed E-state index contributed by atoms with van der Waals surface area (Å²) in [4.78, 5) is 24.7. The fraction of sp³-hybridized carbons (Fsp3) is 0.333. The molecular formula is C33H38N4O5S. The van der Waals surface area contributed by atoms with Gasteiger partial charge in [-0.2, -0.15) is 0 Å². The van der Waals surface area contributed by atoms with Gasteiger partial charge in [0.05, 0.1) is 20.8 Å². The van der Waals surface area contributed by atoms with Crippen molar-refractivity contribution in [2.75, 3.05) is 48.2 Å². The summed E-state index contributed by atoms with van der Waals surface area (Å²) in [5, 5.41) is 2.74. The summed E-state index contributed by atoms with van der Waals surface area (Å²) in [6.45, 7) is 3.94. The number of likely N-dealkylation sites (N-methyl/N-ethyl adjacent to an activating group) is 1. The van der Waals surface area contributed by atoms with Crippen LogP contribution < -0.4 is 18.9 Å². The zero-order valence-electron chi connectivity index (χ0n) is 25.1. The molecule has 10 heteroatoms. The highest BCUT2D eigenvalue weighted by Crippen LogP contribution is 2.34. The SMILES string of the molecule is COc1ccc(CN(Cc2ccc3c(c2)OCO3)Cc2nc(C(=O)N(CCN(C)C)Cc3ccccc3)cs2)c(OC)c1. The summed E-state index contributed by atoms with van der Waals surface area (Å²) < 4.78 is 22.2. The largest absolute Gasteiger partial charge is 0.497 e. The molecule has 1 aliphatic rings. The molecule has 0 saturated carbocycles. The van der Waals surface area contributed by atoms with Crippen LogP contribution in [0.3, 0.4) is 0 Å².